The minimum Gasteiger partial charge on any atom is -0.371 e. The number of carbonyl (C=O) groups excluding carboxylic acids is 1. The number of halogens is 1. The smallest absolute Gasteiger partial charge is 0.230 e. The van der Waals surface area contributed by atoms with Crippen LogP contribution in [-0.4, -0.2) is 32.1 Å². The summed E-state index contributed by atoms with van der Waals surface area (Å²) >= 11 is 0. The van der Waals surface area contributed by atoms with Crippen LogP contribution in [0.15, 0.2) is 18.2 Å². The molecule has 2 N–H and O–H groups in total. The van der Waals surface area contributed by atoms with Gasteiger partial charge in [0.1, 0.15) is 5.82 Å². The number of benzene rings is 1. The molecule has 4 nitrogen and oxygen atoms in total. The Labute approximate surface area is 118 Å². The second-order valence-corrected chi connectivity index (χ2v) is 5.81. The molecule has 0 radical (unpaired) electrons. The van der Waals surface area contributed by atoms with Gasteiger partial charge in [0.15, 0.2) is 0 Å². The molecular weight excluding hydrogens is 257 g/mol. The van der Waals surface area contributed by atoms with Crippen LogP contribution in [0.25, 0.3) is 0 Å². The molecule has 1 aromatic carbocycles. The lowest BCUT2D eigenvalue weighted by atomic mass is 10.0. The van der Waals surface area contributed by atoms with Crippen LogP contribution in [0.3, 0.4) is 0 Å². The van der Waals surface area contributed by atoms with E-state index >= 15 is 0 Å². The summed E-state index contributed by atoms with van der Waals surface area (Å²) in [6.45, 7) is 1.38. The van der Waals surface area contributed by atoms with E-state index in [2.05, 4.69) is 0 Å². The van der Waals surface area contributed by atoms with Gasteiger partial charge in [0.2, 0.25) is 5.91 Å². The van der Waals surface area contributed by atoms with Gasteiger partial charge in [0.25, 0.3) is 0 Å². The highest BCUT2D eigenvalue weighted by Crippen LogP contribution is 2.35. The van der Waals surface area contributed by atoms with Crippen molar-refractivity contribution in [1.29, 1.82) is 0 Å². The van der Waals surface area contributed by atoms with Gasteiger partial charge in [0, 0.05) is 32.1 Å². The molecule has 1 aliphatic heterocycles. The number of carbonyl (C=O) groups is 1. The Bertz CT molecular complexity index is 534. The maximum absolute atomic E-state index is 13.4. The van der Waals surface area contributed by atoms with Gasteiger partial charge in [0.05, 0.1) is 11.4 Å². The van der Waals surface area contributed by atoms with Crippen LogP contribution < -0.4 is 15.5 Å². The third kappa shape index (κ3) is 2.26. The third-order valence-corrected chi connectivity index (χ3v) is 4.39. The normalized spacial score (nSPS) is 25.8. The zero-order chi connectivity index (χ0) is 14.3. The van der Waals surface area contributed by atoms with E-state index in [-0.39, 0.29) is 23.7 Å². The lowest BCUT2D eigenvalue weighted by Crippen LogP contribution is -2.45. The lowest BCUT2D eigenvalue weighted by molar-refractivity contribution is -0.122. The molecule has 0 unspecified atom stereocenters. The Kier molecular flexibility index (Phi) is 3.38. The number of rotatable bonds is 1. The fourth-order valence-corrected chi connectivity index (χ4v) is 3.21. The molecule has 3 rings (SSSR count). The summed E-state index contributed by atoms with van der Waals surface area (Å²) in [5.41, 5.74) is 7.50. The van der Waals surface area contributed by atoms with Crippen molar-refractivity contribution in [2.45, 2.75) is 25.3 Å². The molecule has 1 saturated carbocycles. The molecule has 0 aromatic heterocycles. The van der Waals surface area contributed by atoms with Crippen LogP contribution in [0.5, 0.6) is 0 Å². The molecule has 20 heavy (non-hydrogen) atoms. The standard InChI is InChI=1S/C15H20FN3O/c1-18-6-7-19(13-5-3-11(16)9-14(13)18)15(20)10-2-4-12(17)8-10/h3,5,9-10,12H,2,4,6-8,17H2,1H3/t10-,12-/m1/s1. The van der Waals surface area contributed by atoms with Crippen molar-refractivity contribution < 1.29 is 9.18 Å². The zero-order valence-electron chi connectivity index (χ0n) is 11.7. The van der Waals surface area contributed by atoms with Crippen molar-refractivity contribution in [1.82, 2.24) is 0 Å². The van der Waals surface area contributed by atoms with E-state index in [1.807, 2.05) is 11.9 Å². The van der Waals surface area contributed by atoms with Gasteiger partial charge in [-0.15, -0.1) is 0 Å². The fourth-order valence-electron chi connectivity index (χ4n) is 3.21. The van der Waals surface area contributed by atoms with Crippen LogP contribution in [-0.2, 0) is 4.79 Å². The predicted molar refractivity (Wildman–Crippen MR) is 77.3 cm³/mol. The van der Waals surface area contributed by atoms with Crippen molar-refractivity contribution in [3.05, 3.63) is 24.0 Å². The highest BCUT2D eigenvalue weighted by Gasteiger charge is 2.34. The van der Waals surface area contributed by atoms with Gasteiger partial charge >= 0.3 is 0 Å². The Hall–Kier alpha value is -1.62. The van der Waals surface area contributed by atoms with Crippen molar-refractivity contribution >= 4 is 17.3 Å². The summed E-state index contributed by atoms with van der Waals surface area (Å²) in [4.78, 5) is 16.5. The van der Waals surface area contributed by atoms with E-state index in [9.17, 15) is 9.18 Å². The Morgan fingerprint density at radius 3 is 2.80 bits per heavy atom. The Balaban J connectivity index is 1.89. The van der Waals surface area contributed by atoms with Gasteiger partial charge in [-0.05, 0) is 37.5 Å². The second-order valence-electron chi connectivity index (χ2n) is 5.81. The molecule has 2 atom stereocenters. The SMILES string of the molecule is CN1CCN(C(=O)[C@@H]2CC[C@@H](N)C2)c2ccc(F)cc21. The van der Waals surface area contributed by atoms with E-state index < -0.39 is 0 Å². The summed E-state index contributed by atoms with van der Waals surface area (Å²) in [7, 11) is 1.92. The van der Waals surface area contributed by atoms with Crippen LogP contribution in [0.1, 0.15) is 19.3 Å². The Morgan fingerprint density at radius 1 is 1.30 bits per heavy atom. The maximum atomic E-state index is 13.4. The summed E-state index contributed by atoms with van der Waals surface area (Å²) in [6, 6.07) is 4.75. The molecule has 1 amide bonds. The molecule has 5 heteroatoms. The number of likely N-dealkylation sites (N-methyl/N-ethyl adjacent to an activating group) is 1. The number of anilines is 2. The molecule has 2 aliphatic rings. The van der Waals surface area contributed by atoms with Crippen molar-refractivity contribution in [3.8, 4) is 0 Å². The summed E-state index contributed by atoms with van der Waals surface area (Å²) in [5.74, 6) is -0.113. The van der Waals surface area contributed by atoms with Gasteiger partial charge in [-0.3, -0.25) is 4.79 Å². The van der Waals surface area contributed by atoms with E-state index in [0.29, 0.717) is 6.54 Å². The van der Waals surface area contributed by atoms with Crippen LogP contribution in [0, 0.1) is 11.7 Å². The largest absolute Gasteiger partial charge is 0.371 e. The van der Waals surface area contributed by atoms with E-state index in [0.717, 1.165) is 37.2 Å². The van der Waals surface area contributed by atoms with Crippen molar-refractivity contribution in [2.24, 2.45) is 11.7 Å². The first-order chi connectivity index (χ1) is 9.56. The first-order valence-electron chi connectivity index (χ1n) is 7.14. The molecular formula is C15H20FN3O. The van der Waals surface area contributed by atoms with Gasteiger partial charge in [-0.1, -0.05) is 0 Å². The van der Waals surface area contributed by atoms with E-state index in [1.165, 1.54) is 12.1 Å². The summed E-state index contributed by atoms with van der Waals surface area (Å²) in [6.07, 6.45) is 2.55. The molecule has 0 bridgehead atoms. The minimum absolute atomic E-state index is 0.0197. The first-order valence-corrected chi connectivity index (χ1v) is 7.14. The molecule has 1 fully saturated rings. The predicted octanol–water partition coefficient (Wildman–Crippen LogP) is 1.74. The van der Waals surface area contributed by atoms with Crippen molar-refractivity contribution in [2.75, 3.05) is 29.9 Å². The van der Waals surface area contributed by atoms with Gasteiger partial charge in [-0.25, -0.2) is 4.39 Å². The summed E-state index contributed by atoms with van der Waals surface area (Å²) < 4.78 is 13.4. The Morgan fingerprint density at radius 2 is 2.10 bits per heavy atom. The molecule has 0 saturated heterocycles. The van der Waals surface area contributed by atoms with Crippen LogP contribution >= 0.6 is 0 Å². The fraction of sp³-hybridized carbons (Fsp3) is 0.533. The first kappa shape index (κ1) is 13.4. The molecule has 108 valence electrons. The lowest BCUT2D eigenvalue weighted by Gasteiger charge is -2.36. The average molecular weight is 277 g/mol. The number of hydrogen-bond donors (Lipinski definition) is 1. The topological polar surface area (TPSA) is 49.6 Å². The van der Waals surface area contributed by atoms with Gasteiger partial charge < -0.3 is 15.5 Å². The minimum atomic E-state index is -0.271. The number of amides is 1. The number of hydrogen-bond acceptors (Lipinski definition) is 3. The molecule has 1 aliphatic carbocycles. The zero-order valence-corrected chi connectivity index (χ0v) is 11.7. The molecule has 1 aromatic rings. The highest BCUT2D eigenvalue weighted by molar-refractivity contribution is 5.99. The number of fused-ring (bicyclic) bond motifs is 1. The van der Waals surface area contributed by atoms with Crippen molar-refractivity contribution in [3.63, 3.8) is 0 Å². The molecule has 1 heterocycles. The third-order valence-electron chi connectivity index (χ3n) is 4.39. The van der Waals surface area contributed by atoms with Crippen LogP contribution in [0.4, 0.5) is 15.8 Å². The van der Waals surface area contributed by atoms with Crippen LogP contribution in [0.2, 0.25) is 0 Å². The average Bonchev–Trinajstić information content (AvgIpc) is 2.86. The van der Waals surface area contributed by atoms with Gasteiger partial charge in [-0.2, -0.15) is 0 Å². The quantitative estimate of drug-likeness (QED) is 0.850. The summed E-state index contributed by atoms with van der Waals surface area (Å²) in [5, 5.41) is 0. The second kappa shape index (κ2) is 5.05. The number of nitrogens with two attached hydrogens (primary N) is 1. The van der Waals surface area contributed by atoms with E-state index in [1.54, 1.807) is 11.0 Å². The monoisotopic (exact) mass is 277 g/mol. The highest BCUT2D eigenvalue weighted by atomic mass is 19.1. The molecule has 0 spiro atoms. The van der Waals surface area contributed by atoms with E-state index in [4.69, 9.17) is 5.73 Å². The maximum Gasteiger partial charge on any atom is 0.230 e. The number of nitrogens with zero attached hydrogens (tertiary/aromatic N) is 2.